The number of aryl methyl sites for hydroxylation is 1. The standard InChI is InChI=1S/C10H10BrNS/c1-6-8-4-7(11)2-3-9(8)13-10(6)5-12/h2-4H,5,12H2,1H3. The summed E-state index contributed by atoms with van der Waals surface area (Å²) in [5, 5.41) is 1.32. The van der Waals surface area contributed by atoms with Gasteiger partial charge in [0, 0.05) is 20.6 Å². The minimum atomic E-state index is 0.642. The summed E-state index contributed by atoms with van der Waals surface area (Å²) < 4.78 is 2.45. The Morgan fingerprint density at radius 1 is 1.46 bits per heavy atom. The molecule has 0 unspecified atom stereocenters. The van der Waals surface area contributed by atoms with Crippen LogP contribution in [0.4, 0.5) is 0 Å². The number of thiophene rings is 1. The third kappa shape index (κ3) is 1.52. The summed E-state index contributed by atoms with van der Waals surface area (Å²) in [6.45, 7) is 2.77. The largest absolute Gasteiger partial charge is 0.326 e. The van der Waals surface area contributed by atoms with Crippen LogP contribution in [0.5, 0.6) is 0 Å². The first kappa shape index (κ1) is 9.19. The van der Waals surface area contributed by atoms with Gasteiger partial charge in [0.2, 0.25) is 0 Å². The summed E-state index contributed by atoms with van der Waals surface area (Å²) in [7, 11) is 0. The highest BCUT2D eigenvalue weighted by Gasteiger charge is 2.06. The summed E-state index contributed by atoms with van der Waals surface area (Å²) in [4.78, 5) is 1.29. The lowest BCUT2D eigenvalue weighted by Gasteiger charge is -1.93. The zero-order valence-electron chi connectivity index (χ0n) is 7.30. The topological polar surface area (TPSA) is 26.0 Å². The van der Waals surface area contributed by atoms with Crippen molar-refractivity contribution in [2.45, 2.75) is 13.5 Å². The third-order valence-corrected chi connectivity index (χ3v) is 3.97. The quantitative estimate of drug-likeness (QED) is 0.831. The molecule has 13 heavy (non-hydrogen) atoms. The van der Waals surface area contributed by atoms with Crippen molar-refractivity contribution in [3.8, 4) is 0 Å². The Morgan fingerprint density at radius 2 is 2.23 bits per heavy atom. The van der Waals surface area contributed by atoms with E-state index in [9.17, 15) is 0 Å². The van der Waals surface area contributed by atoms with Gasteiger partial charge in [0.15, 0.2) is 0 Å². The Labute approximate surface area is 89.7 Å². The van der Waals surface area contributed by atoms with Crippen molar-refractivity contribution in [2.75, 3.05) is 0 Å². The predicted octanol–water partition coefficient (Wildman–Crippen LogP) is 3.43. The molecule has 2 rings (SSSR count). The van der Waals surface area contributed by atoms with Gasteiger partial charge in [-0.3, -0.25) is 0 Å². The smallest absolute Gasteiger partial charge is 0.0349 e. The fraction of sp³-hybridized carbons (Fsp3) is 0.200. The average molecular weight is 256 g/mol. The van der Waals surface area contributed by atoms with Crippen LogP contribution in [0.15, 0.2) is 22.7 Å². The molecular weight excluding hydrogens is 246 g/mol. The molecule has 0 fully saturated rings. The molecule has 0 spiro atoms. The molecule has 0 atom stereocenters. The van der Waals surface area contributed by atoms with E-state index in [1.54, 1.807) is 11.3 Å². The van der Waals surface area contributed by atoms with E-state index in [0.717, 1.165) is 4.47 Å². The van der Waals surface area contributed by atoms with E-state index in [0.29, 0.717) is 6.54 Å². The summed E-state index contributed by atoms with van der Waals surface area (Å²) in [5.41, 5.74) is 6.97. The number of fused-ring (bicyclic) bond motifs is 1. The molecule has 68 valence electrons. The number of hydrogen-bond acceptors (Lipinski definition) is 2. The lowest BCUT2D eigenvalue weighted by Crippen LogP contribution is -1.93. The fourth-order valence-electron chi connectivity index (χ4n) is 1.44. The molecule has 1 aromatic heterocycles. The van der Waals surface area contributed by atoms with Gasteiger partial charge in [-0.05, 0) is 36.1 Å². The van der Waals surface area contributed by atoms with Gasteiger partial charge >= 0.3 is 0 Å². The van der Waals surface area contributed by atoms with E-state index in [1.165, 1.54) is 20.5 Å². The van der Waals surface area contributed by atoms with Gasteiger partial charge in [0.1, 0.15) is 0 Å². The molecule has 1 heterocycles. The molecule has 2 N–H and O–H groups in total. The minimum absolute atomic E-state index is 0.642. The van der Waals surface area contributed by atoms with Crippen molar-refractivity contribution in [1.29, 1.82) is 0 Å². The van der Waals surface area contributed by atoms with Gasteiger partial charge in [-0.2, -0.15) is 0 Å². The highest BCUT2D eigenvalue weighted by Crippen LogP contribution is 2.32. The molecule has 1 nitrogen and oxygen atoms in total. The molecule has 0 radical (unpaired) electrons. The molecule has 0 saturated carbocycles. The highest BCUT2D eigenvalue weighted by atomic mass is 79.9. The maximum atomic E-state index is 5.65. The first-order chi connectivity index (χ1) is 6.22. The van der Waals surface area contributed by atoms with Gasteiger partial charge in [0.25, 0.3) is 0 Å². The van der Waals surface area contributed by atoms with E-state index in [4.69, 9.17) is 5.73 Å². The van der Waals surface area contributed by atoms with Crippen LogP contribution in [-0.2, 0) is 6.54 Å². The number of halogens is 1. The van der Waals surface area contributed by atoms with Crippen molar-refractivity contribution in [1.82, 2.24) is 0 Å². The van der Waals surface area contributed by atoms with Crippen LogP contribution in [0.3, 0.4) is 0 Å². The second kappa shape index (κ2) is 3.40. The minimum Gasteiger partial charge on any atom is -0.326 e. The van der Waals surface area contributed by atoms with E-state index in [-0.39, 0.29) is 0 Å². The van der Waals surface area contributed by atoms with E-state index < -0.39 is 0 Å². The van der Waals surface area contributed by atoms with E-state index in [2.05, 4.69) is 41.1 Å². The molecule has 1 aromatic carbocycles. The second-order valence-electron chi connectivity index (χ2n) is 2.99. The van der Waals surface area contributed by atoms with Crippen molar-refractivity contribution < 1.29 is 0 Å². The maximum Gasteiger partial charge on any atom is 0.0349 e. The summed E-state index contributed by atoms with van der Waals surface area (Å²) in [5.74, 6) is 0. The predicted molar refractivity (Wildman–Crippen MR) is 62.2 cm³/mol. The van der Waals surface area contributed by atoms with Crippen molar-refractivity contribution in [3.05, 3.63) is 33.1 Å². The van der Waals surface area contributed by atoms with Crippen LogP contribution in [0.2, 0.25) is 0 Å². The molecule has 0 amide bonds. The second-order valence-corrected chi connectivity index (χ2v) is 5.05. The first-order valence-electron chi connectivity index (χ1n) is 4.10. The van der Waals surface area contributed by atoms with Crippen molar-refractivity contribution in [2.24, 2.45) is 5.73 Å². The van der Waals surface area contributed by atoms with Crippen LogP contribution in [-0.4, -0.2) is 0 Å². The molecular formula is C10H10BrNS. The first-order valence-corrected chi connectivity index (χ1v) is 5.71. The maximum absolute atomic E-state index is 5.65. The number of benzene rings is 1. The SMILES string of the molecule is Cc1c(CN)sc2ccc(Br)cc12. The Balaban J connectivity index is 2.77. The van der Waals surface area contributed by atoms with Crippen LogP contribution in [0.1, 0.15) is 10.4 Å². The van der Waals surface area contributed by atoms with E-state index >= 15 is 0 Å². The van der Waals surface area contributed by atoms with Gasteiger partial charge in [0.05, 0.1) is 0 Å². The molecule has 2 aromatic rings. The summed E-state index contributed by atoms with van der Waals surface area (Å²) in [6, 6.07) is 6.36. The fourth-order valence-corrected chi connectivity index (χ4v) is 2.87. The Bertz CT molecular complexity index is 447. The van der Waals surface area contributed by atoms with Crippen LogP contribution < -0.4 is 5.73 Å². The molecule has 0 aliphatic rings. The third-order valence-electron chi connectivity index (χ3n) is 2.18. The van der Waals surface area contributed by atoms with Gasteiger partial charge < -0.3 is 5.73 Å². The molecule has 0 aliphatic carbocycles. The Morgan fingerprint density at radius 3 is 2.92 bits per heavy atom. The normalized spacial score (nSPS) is 11.0. The average Bonchev–Trinajstić information content (AvgIpc) is 2.44. The van der Waals surface area contributed by atoms with Gasteiger partial charge in [-0.15, -0.1) is 11.3 Å². The Kier molecular flexibility index (Phi) is 2.41. The highest BCUT2D eigenvalue weighted by molar-refractivity contribution is 9.10. The lowest BCUT2D eigenvalue weighted by molar-refractivity contribution is 1.09. The molecule has 0 bridgehead atoms. The molecule has 0 aliphatic heterocycles. The molecule has 0 saturated heterocycles. The van der Waals surface area contributed by atoms with Gasteiger partial charge in [-0.25, -0.2) is 0 Å². The van der Waals surface area contributed by atoms with Crippen LogP contribution in [0.25, 0.3) is 10.1 Å². The van der Waals surface area contributed by atoms with Crippen molar-refractivity contribution >= 4 is 37.4 Å². The van der Waals surface area contributed by atoms with Crippen molar-refractivity contribution in [3.63, 3.8) is 0 Å². The van der Waals surface area contributed by atoms with E-state index in [1.807, 2.05) is 0 Å². The molecule has 3 heteroatoms. The Hall–Kier alpha value is -0.380. The van der Waals surface area contributed by atoms with Crippen LogP contribution >= 0.6 is 27.3 Å². The summed E-state index contributed by atoms with van der Waals surface area (Å²) in [6.07, 6.45) is 0. The number of rotatable bonds is 1. The van der Waals surface area contributed by atoms with Gasteiger partial charge in [-0.1, -0.05) is 15.9 Å². The monoisotopic (exact) mass is 255 g/mol. The zero-order chi connectivity index (χ0) is 9.42. The zero-order valence-corrected chi connectivity index (χ0v) is 9.71. The number of hydrogen-bond donors (Lipinski definition) is 1. The van der Waals surface area contributed by atoms with Crippen LogP contribution in [0, 0.1) is 6.92 Å². The summed E-state index contributed by atoms with van der Waals surface area (Å²) >= 11 is 5.26. The lowest BCUT2D eigenvalue weighted by atomic mass is 10.1. The number of nitrogens with two attached hydrogens (primary N) is 1.